The van der Waals surface area contributed by atoms with Crippen molar-refractivity contribution in [1.29, 1.82) is 0 Å². The number of benzene rings is 2. The Morgan fingerprint density at radius 2 is 1.85 bits per heavy atom. The van der Waals surface area contributed by atoms with Crippen LogP contribution < -0.4 is 4.74 Å². The summed E-state index contributed by atoms with van der Waals surface area (Å²) in [6.45, 7) is 2.80. The molecule has 1 amide bonds. The first-order chi connectivity index (χ1) is 12.5. The summed E-state index contributed by atoms with van der Waals surface area (Å²) in [7, 11) is 1.57. The van der Waals surface area contributed by atoms with Crippen molar-refractivity contribution in [2.45, 2.75) is 19.9 Å². The summed E-state index contributed by atoms with van der Waals surface area (Å²) in [6.07, 6.45) is 0.156. The van der Waals surface area contributed by atoms with Crippen molar-refractivity contribution < 1.29 is 19.1 Å². The molecule has 0 N–H and O–H groups in total. The van der Waals surface area contributed by atoms with E-state index in [9.17, 15) is 9.59 Å². The summed E-state index contributed by atoms with van der Waals surface area (Å²) in [5, 5.41) is 0. The number of nitrogens with zero attached hydrogens (tertiary/aromatic N) is 1. The Kier molecular flexibility index (Phi) is 7.66. The molecule has 0 heterocycles. The Hall–Kier alpha value is -2.34. The highest BCUT2D eigenvalue weighted by atomic mass is 79.9. The van der Waals surface area contributed by atoms with Gasteiger partial charge in [-0.15, -0.1) is 0 Å². The molecule has 0 spiro atoms. The maximum Gasteiger partial charge on any atom is 0.307 e. The first-order valence-corrected chi connectivity index (χ1v) is 9.16. The van der Waals surface area contributed by atoms with E-state index in [4.69, 9.17) is 9.47 Å². The Morgan fingerprint density at radius 3 is 2.46 bits per heavy atom. The molecule has 0 bridgehead atoms. The molecule has 2 aromatic carbocycles. The van der Waals surface area contributed by atoms with Gasteiger partial charge in [0.2, 0.25) is 0 Å². The lowest BCUT2D eigenvalue weighted by molar-refractivity contribution is -0.143. The minimum Gasteiger partial charge on any atom is -0.496 e. The van der Waals surface area contributed by atoms with E-state index in [0.717, 1.165) is 5.56 Å². The molecular weight excluding hydrogens is 398 g/mol. The summed E-state index contributed by atoms with van der Waals surface area (Å²) < 4.78 is 10.9. The smallest absolute Gasteiger partial charge is 0.307 e. The van der Waals surface area contributed by atoms with Gasteiger partial charge in [-0.2, -0.15) is 0 Å². The number of methoxy groups -OCH3 is 1. The van der Waals surface area contributed by atoms with Gasteiger partial charge in [0.25, 0.3) is 5.91 Å². The monoisotopic (exact) mass is 419 g/mol. The van der Waals surface area contributed by atoms with E-state index in [2.05, 4.69) is 15.9 Å². The van der Waals surface area contributed by atoms with Gasteiger partial charge in [-0.1, -0.05) is 30.3 Å². The second-order valence-corrected chi connectivity index (χ2v) is 6.47. The van der Waals surface area contributed by atoms with Crippen LogP contribution in [-0.2, 0) is 16.1 Å². The summed E-state index contributed by atoms with van der Waals surface area (Å²) >= 11 is 3.40. The van der Waals surface area contributed by atoms with Gasteiger partial charge in [0.05, 0.1) is 24.6 Å². The summed E-state index contributed by atoms with van der Waals surface area (Å²) in [6, 6.07) is 14.9. The number of carbonyl (C=O) groups is 2. The number of hydrogen-bond donors (Lipinski definition) is 0. The van der Waals surface area contributed by atoms with Crippen molar-refractivity contribution in [2.75, 3.05) is 20.3 Å². The third kappa shape index (κ3) is 5.59. The predicted molar refractivity (Wildman–Crippen MR) is 103 cm³/mol. The van der Waals surface area contributed by atoms with Crippen LogP contribution in [0.5, 0.6) is 5.75 Å². The Labute approximate surface area is 162 Å². The minimum absolute atomic E-state index is 0.151. The summed E-state index contributed by atoms with van der Waals surface area (Å²) in [5.74, 6) is 0.193. The highest BCUT2D eigenvalue weighted by Crippen LogP contribution is 2.26. The molecule has 26 heavy (non-hydrogen) atoms. The SMILES string of the molecule is CCOC(=O)CCN(Cc1ccccc1)C(=O)c1ccc(OC)c(Br)c1. The third-order valence-corrected chi connectivity index (χ3v) is 4.41. The number of rotatable bonds is 8. The van der Waals surface area contributed by atoms with Crippen LogP contribution in [0, 0.1) is 0 Å². The number of halogens is 1. The fourth-order valence-corrected chi connectivity index (χ4v) is 3.04. The standard InChI is InChI=1S/C20H22BrNO4/c1-3-26-19(23)11-12-22(14-15-7-5-4-6-8-15)20(24)16-9-10-18(25-2)17(21)13-16/h4-10,13H,3,11-12,14H2,1-2H3. The zero-order valence-electron chi connectivity index (χ0n) is 14.9. The van der Waals surface area contributed by atoms with Crippen molar-refractivity contribution >= 4 is 27.8 Å². The molecule has 0 saturated heterocycles. The van der Waals surface area contributed by atoms with Gasteiger partial charge in [-0.3, -0.25) is 9.59 Å². The number of ether oxygens (including phenoxy) is 2. The van der Waals surface area contributed by atoms with Crippen LogP contribution in [0.3, 0.4) is 0 Å². The lowest BCUT2D eigenvalue weighted by Crippen LogP contribution is -2.33. The van der Waals surface area contributed by atoms with Crippen molar-refractivity contribution in [3.8, 4) is 5.75 Å². The van der Waals surface area contributed by atoms with Gasteiger partial charge in [-0.25, -0.2) is 0 Å². The average molecular weight is 420 g/mol. The highest BCUT2D eigenvalue weighted by Gasteiger charge is 2.19. The second kappa shape index (κ2) is 9.97. The van der Waals surface area contributed by atoms with E-state index in [-0.39, 0.29) is 24.8 Å². The zero-order valence-corrected chi connectivity index (χ0v) is 16.5. The predicted octanol–water partition coefficient (Wildman–Crippen LogP) is 4.05. The average Bonchev–Trinajstić information content (AvgIpc) is 2.65. The lowest BCUT2D eigenvalue weighted by Gasteiger charge is -2.23. The first kappa shape index (κ1) is 20.0. The van der Waals surface area contributed by atoms with E-state index in [1.54, 1.807) is 37.1 Å². The topological polar surface area (TPSA) is 55.8 Å². The first-order valence-electron chi connectivity index (χ1n) is 8.37. The Balaban J connectivity index is 2.19. The van der Waals surface area contributed by atoms with E-state index in [1.807, 2.05) is 30.3 Å². The van der Waals surface area contributed by atoms with Crippen LogP contribution >= 0.6 is 15.9 Å². The third-order valence-electron chi connectivity index (χ3n) is 3.79. The second-order valence-electron chi connectivity index (χ2n) is 5.62. The van der Waals surface area contributed by atoms with Crippen molar-refractivity contribution in [1.82, 2.24) is 4.90 Å². The number of esters is 1. The lowest BCUT2D eigenvalue weighted by atomic mass is 10.1. The van der Waals surface area contributed by atoms with E-state index < -0.39 is 0 Å². The van der Waals surface area contributed by atoms with Crippen LogP contribution in [0.1, 0.15) is 29.3 Å². The van der Waals surface area contributed by atoms with Crippen LogP contribution in [0.15, 0.2) is 53.0 Å². The molecule has 0 aliphatic heterocycles. The van der Waals surface area contributed by atoms with Gasteiger partial charge in [0, 0.05) is 18.7 Å². The van der Waals surface area contributed by atoms with Crippen LogP contribution in [0.2, 0.25) is 0 Å². The van der Waals surface area contributed by atoms with Gasteiger partial charge in [0.1, 0.15) is 5.75 Å². The zero-order chi connectivity index (χ0) is 18.9. The molecule has 0 saturated carbocycles. The quantitative estimate of drug-likeness (QED) is 0.605. The molecule has 0 fully saturated rings. The van der Waals surface area contributed by atoms with Crippen molar-refractivity contribution in [2.24, 2.45) is 0 Å². The Bertz CT molecular complexity index is 749. The Morgan fingerprint density at radius 1 is 1.12 bits per heavy atom. The summed E-state index contributed by atoms with van der Waals surface area (Å²) in [4.78, 5) is 26.3. The maximum absolute atomic E-state index is 13.0. The van der Waals surface area contributed by atoms with E-state index in [0.29, 0.717) is 28.9 Å². The molecule has 2 aromatic rings. The fourth-order valence-electron chi connectivity index (χ4n) is 2.50. The van der Waals surface area contributed by atoms with Crippen molar-refractivity contribution in [3.05, 3.63) is 64.1 Å². The van der Waals surface area contributed by atoms with Crippen LogP contribution in [0.4, 0.5) is 0 Å². The molecule has 0 radical (unpaired) electrons. The molecule has 0 aromatic heterocycles. The molecule has 0 atom stereocenters. The van der Waals surface area contributed by atoms with Crippen molar-refractivity contribution in [3.63, 3.8) is 0 Å². The largest absolute Gasteiger partial charge is 0.496 e. The molecule has 6 heteroatoms. The molecule has 2 rings (SSSR count). The van der Waals surface area contributed by atoms with Gasteiger partial charge in [-0.05, 0) is 46.6 Å². The summed E-state index contributed by atoms with van der Waals surface area (Å²) in [5.41, 5.74) is 1.52. The normalized spacial score (nSPS) is 10.3. The van der Waals surface area contributed by atoms with E-state index in [1.165, 1.54) is 0 Å². The van der Waals surface area contributed by atoms with Crippen LogP contribution in [0.25, 0.3) is 0 Å². The van der Waals surface area contributed by atoms with Gasteiger partial charge < -0.3 is 14.4 Å². The molecular formula is C20H22BrNO4. The molecule has 5 nitrogen and oxygen atoms in total. The minimum atomic E-state index is -0.311. The number of amides is 1. The number of carbonyl (C=O) groups excluding carboxylic acids is 2. The fraction of sp³-hybridized carbons (Fsp3) is 0.300. The van der Waals surface area contributed by atoms with Crippen LogP contribution in [-0.4, -0.2) is 37.0 Å². The van der Waals surface area contributed by atoms with Gasteiger partial charge >= 0.3 is 5.97 Å². The maximum atomic E-state index is 13.0. The molecule has 0 aliphatic rings. The number of hydrogen-bond acceptors (Lipinski definition) is 4. The van der Waals surface area contributed by atoms with Gasteiger partial charge in [0.15, 0.2) is 0 Å². The van der Waals surface area contributed by atoms with E-state index >= 15 is 0 Å². The molecule has 0 aliphatic carbocycles. The molecule has 138 valence electrons. The molecule has 0 unspecified atom stereocenters. The highest BCUT2D eigenvalue weighted by molar-refractivity contribution is 9.10.